The van der Waals surface area contributed by atoms with Gasteiger partial charge >= 0.3 is 5.97 Å². The van der Waals surface area contributed by atoms with Gasteiger partial charge in [0.15, 0.2) is 0 Å². The molecule has 2 N–H and O–H groups in total. The highest BCUT2D eigenvalue weighted by atomic mass is 16.4. The molecule has 1 aliphatic rings. The van der Waals surface area contributed by atoms with Gasteiger partial charge in [-0.15, -0.1) is 0 Å². The van der Waals surface area contributed by atoms with E-state index in [1.54, 1.807) is 12.3 Å². The van der Waals surface area contributed by atoms with E-state index < -0.39 is 5.97 Å². The molecule has 4 nitrogen and oxygen atoms in total. The first-order chi connectivity index (χ1) is 11.7. The molecule has 120 valence electrons. The van der Waals surface area contributed by atoms with Crippen LogP contribution in [0.5, 0.6) is 0 Å². The van der Waals surface area contributed by atoms with Crippen molar-refractivity contribution in [2.75, 3.05) is 0 Å². The first-order valence-electron chi connectivity index (χ1n) is 8.15. The van der Waals surface area contributed by atoms with Gasteiger partial charge in [0.05, 0.1) is 0 Å². The third-order valence-corrected chi connectivity index (χ3v) is 4.75. The molecule has 1 aromatic carbocycles. The van der Waals surface area contributed by atoms with Crippen LogP contribution >= 0.6 is 0 Å². The third kappa shape index (κ3) is 2.71. The zero-order valence-corrected chi connectivity index (χ0v) is 13.2. The van der Waals surface area contributed by atoms with E-state index in [1.807, 2.05) is 12.3 Å². The maximum Gasteiger partial charge on any atom is 0.352 e. The number of nitrogens with zero attached hydrogens (tertiary/aromatic N) is 1. The highest BCUT2D eigenvalue weighted by Crippen LogP contribution is 2.36. The molecular formula is C20H18N2O2. The second kappa shape index (κ2) is 5.96. The lowest BCUT2D eigenvalue weighted by molar-refractivity contribution is 0.0691. The number of pyridine rings is 1. The predicted octanol–water partition coefficient (Wildman–Crippen LogP) is 4.05. The van der Waals surface area contributed by atoms with Crippen molar-refractivity contribution in [1.82, 2.24) is 9.97 Å². The Bertz CT molecular complexity index is 884. The topological polar surface area (TPSA) is 66.0 Å². The lowest BCUT2D eigenvalue weighted by atomic mass is 9.93. The van der Waals surface area contributed by atoms with Crippen molar-refractivity contribution in [3.63, 3.8) is 0 Å². The van der Waals surface area contributed by atoms with Gasteiger partial charge in [0.1, 0.15) is 5.69 Å². The molecule has 2 aromatic heterocycles. The van der Waals surface area contributed by atoms with Crippen molar-refractivity contribution in [2.45, 2.75) is 25.2 Å². The molecule has 24 heavy (non-hydrogen) atoms. The SMILES string of the molecule is O=C(O)c1cc2c([nH]1)CCC2Cc1cccc(-c2cccnc2)c1. The molecular weight excluding hydrogens is 300 g/mol. The van der Waals surface area contributed by atoms with Gasteiger partial charge in [-0.3, -0.25) is 4.98 Å². The average molecular weight is 318 g/mol. The molecule has 3 aromatic rings. The minimum atomic E-state index is -0.887. The molecule has 0 amide bonds. The Kier molecular flexibility index (Phi) is 3.65. The number of carbonyl (C=O) groups is 1. The van der Waals surface area contributed by atoms with Gasteiger partial charge in [-0.25, -0.2) is 4.79 Å². The second-order valence-corrected chi connectivity index (χ2v) is 6.30. The molecule has 2 heterocycles. The minimum Gasteiger partial charge on any atom is -0.477 e. The summed E-state index contributed by atoms with van der Waals surface area (Å²) in [6.07, 6.45) is 6.57. The number of carboxylic acid groups (broad SMARTS) is 1. The number of aromatic carboxylic acids is 1. The molecule has 0 spiro atoms. The number of fused-ring (bicyclic) bond motifs is 1. The summed E-state index contributed by atoms with van der Waals surface area (Å²) >= 11 is 0. The van der Waals surface area contributed by atoms with E-state index in [1.165, 1.54) is 16.7 Å². The average Bonchev–Trinajstić information content (AvgIpc) is 3.18. The maximum absolute atomic E-state index is 11.1. The largest absolute Gasteiger partial charge is 0.477 e. The number of aryl methyl sites for hydroxylation is 1. The molecule has 1 atom stereocenters. The number of benzene rings is 1. The van der Waals surface area contributed by atoms with Crippen LogP contribution in [-0.2, 0) is 12.8 Å². The van der Waals surface area contributed by atoms with Crippen molar-refractivity contribution < 1.29 is 9.90 Å². The Hall–Kier alpha value is -2.88. The Balaban J connectivity index is 1.58. The fourth-order valence-corrected chi connectivity index (χ4v) is 3.58. The van der Waals surface area contributed by atoms with Crippen molar-refractivity contribution in [3.05, 3.63) is 77.4 Å². The quantitative estimate of drug-likeness (QED) is 0.762. The minimum absolute atomic E-state index is 0.300. The number of nitrogens with one attached hydrogen (secondary N) is 1. The van der Waals surface area contributed by atoms with Gasteiger partial charge in [0.2, 0.25) is 0 Å². The van der Waals surface area contributed by atoms with Crippen molar-refractivity contribution >= 4 is 5.97 Å². The van der Waals surface area contributed by atoms with Crippen LogP contribution in [0.2, 0.25) is 0 Å². The van der Waals surface area contributed by atoms with Gasteiger partial charge in [-0.1, -0.05) is 30.3 Å². The summed E-state index contributed by atoms with van der Waals surface area (Å²) in [5, 5.41) is 9.14. The van der Waals surface area contributed by atoms with Crippen LogP contribution in [0, 0.1) is 0 Å². The zero-order chi connectivity index (χ0) is 16.5. The normalized spacial score (nSPS) is 16.1. The lowest BCUT2D eigenvalue weighted by Gasteiger charge is -2.11. The Morgan fingerprint density at radius 3 is 2.88 bits per heavy atom. The van der Waals surface area contributed by atoms with E-state index in [-0.39, 0.29) is 0 Å². The van der Waals surface area contributed by atoms with Gasteiger partial charge in [-0.05, 0) is 59.6 Å². The Morgan fingerprint density at radius 1 is 1.21 bits per heavy atom. The number of aromatic nitrogens is 2. The summed E-state index contributed by atoms with van der Waals surface area (Å²) in [6.45, 7) is 0. The number of rotatable bonds is 4. The van der Waals surface area contributed by atoms with Crippen LogP contribution in [0.25, 0.3) is 11.1 Å². The summed E-state index contributed by atoms with van der Waals surface area (Å²) in [5.41, 5.74) is 6.10. The van der Waals surface area contributed by atoms with E-state index in [0.29, 0.717) is 11.6 Å². The molecule has 1 unspecified atom stereocenters. The first-order valence-corrected chi connectivity index (χ1v) is 8.15. The van der Waals surface area contributed by atoms with E-state index in [4.69, 9.17) is 5.11 Å². The highest BCUT2D eigenvalue weighted by Gasteiger charge is 2.26. The fourth-order valence-electron chi connectivity index (χ4n) is 3.58. The summed E-state index contributed by atoms with van der Waals surface area (Å²) < 4.78 is 0. The molecule has 0 saturated heterocycles. The van der Waals surface area contributed by atoms with E-state index >= 15 is 0 Å². The molecule has 0 saturated carbocycles. The van der Waals surface area contributed by atoms with Gasteiger partial charge in [0.25, 0.3) is 0 Å². The maximum atomic E-state index is 11.1. The molecule has 0 fully saturated rings. The summed E-state index contributed by atoms with van der Waals surface area (Å²) in [4.78, 5) is 18.4. The zero-order valence-electron chi connectivity index (χ0n) is 13.2. The smallest absolute Gasteiger partial charge is 0.352 e. The summed E-state index contributed by atoms with van der Waals surface area (Å²) in [7, 11) is 0. The molecule has 4 heteroatoms. The van der Waals surface area contributed by atoms with Crippen molar-refractivity contribution in [1.29, 1.82) is 0 Å². The molecule has 1 aliphatic carbocycles. The number of carboxylic acids is 1. The van der Waals surface area contributed by atoms with Crippen molar-refractivity contribution in [3.8, 4) is 11.1 Å². The molecule has 0 radical (unpaired) electrons. The Morgan fingerprint density at radius 2 is 2.08 bits per heavy atom. The highest BCUT2D eigenvalue weighted by molar-refractivity contribution is 5.86. The standard InChI is InChI=1S/C20H18N2O2/c23-20(24)19-11-17-15(6-7-18(17)22-19)10-13-3-1-4-14(9-13)16-5-2-8-21-12-16/h1-5,8-9,11-12,15,22H,6-7,10H2,(H,23,24). The van der Waals surface area contributed by atoms with Crippen LogP contribution in [0.4, 0.5) is 0 Å². The van der Waals surface area contributed by atoms with E-state index in [2.05, 4.69) is 40.3 Å². The number of H-pyrrole nitrogens is 1. The first kappa shape index (κ1) is 14.7. The fraction of sp³-hybridized carbons (Fsp3) is 0.200. The monoisotopic (exact) mass is 318 g/mol. The molecule has 0 aliphatic heterocycles. The van der Waals surface area contributed by atoms with Crippen LogP contribution in [0.3, 0.4) is 0 Å². The summed E-state index contributed by atoms with van der Waals surface area (Å²) in [5.74, 6) is -0.504. The van der Waals surface area contributed by atoms with Gasteiger partial charge in [0, 0.05) is 18.1 Å². The van der Waals surface area contributed by atoms with E-state index in [9.17, 15) is 4.79 Å². The van der Waals surface area contributed by atoms with Crippen molar-refractivity contribution in [2.24, 2.45) is 0 Å². The van der Waals surface area contributed by atoms with Crippen LogP contribution in [0.1, 0.15) is 39.6 Å². The van der Waals surface area contributed by atoms with Crippen LogP contribution in [-0.4, -0.2) is 21.0 Å². The van der Waals surface area contributed by atoms with Gasteiger partial charge in [-0.2, -0.15) is 0 Å². The van der Waals surface area contributed by atoms with E-state index in [0.717, 1.165) is 30.5 Å². The van der Waals surface area contributed by atoms with Gasteiger partial charge < -0.3 is 10.1 Å². The third-order valence-electron chi connectivity index (χ3n) is 4.75. The second-order valence-electron chi connectivity index (χ2n) is 6.30. The van der Waals surface area contributed by atoms with Crippen LogP contribution in [0.15, 0.2) is 54.9 Å². The molecule has 4 rings (SSSR count). The summed E-state index contributed by atoms with van der Waals surface area (Å²) in [6, 6.07) is 14.3. The predicted molar refractivity (Wildman–Crippen MR) is 92.2 cm³/mol. The Labute approximate surface area is 140 Å². The number of aromatic amines is 1. The number of hydrogen-bond donors (Lipinski definition) is 2. The molecule has 0 bridgehead atoms. The van der Waals surface area contributed by atoms with Crippen LogP contribution < -0.4 is 0 Å². The lowest BCUT2D eigenvalue weighted by Crippen LogP contribution is -2.00. The number of hydrogen-bond acceptors (Lipinski definition) is 2.